The lowest BCUT2D eigenvalue weighted by Crippen LogP contribution is -2.58. The summed E-state index contributed by atoms with van der Waals surface area (Å²) in [6.45, 7) is 1.82. The lowest BCUT2D eigenvalue weighted by atomic mass is 9.79. The molecular formula is C27H25N3O3. The Morgan fingerprint density at radius 3 is 2.18 bits per heavy atom. The van der Waals surface area contributed by atoms with Crippen molar-refractivity contribution in [3.63, 3.8) is 0 Å². The maximum absolute atomic E-state index is 13.0. The minimum absolute atomic E-state index is 0.0544. The summed E-state index contributed by atoms with van der Waals surface area (Å²) in [5.74, 6) is -0.249. The summed E-state index contributed by atoms with van der Waals surface area (Å²) >= 11 is 0. The van der Waals surface area contributed by atoms with Crippen LogP contribution in [0.15, 0.2) is 60.7 Å². The number of benzene rings is 3. The summed E-state index contributed by atoms with van der Waals surface area (Å²) < 4.78 is 0. The lowest BCUT2D eigenvalue weighted by molar-refractivity contribution is -0.161. The van der Waals surface area contributed by atoms with E-state index >= 15 is 0 Å². The fourth-order valence-electron chi connectivity index (χ4n) is 4.67. The summed E-state index contributed by atoms with van der Waals surface area (Å²) in [5, 5.41) is 21.6. The number of amides is 2. The highest BCUT2D eigenvalue weighted by Crippen LogP contribution is 2.33. The highest BCUT2D eigenvalue weighted by Gasteiger charge is 2.45. The van der Waals surface area contributed by atoms with E-state index in [4.69, 9.17) is 0 Å². The molecule has 0 spiro atoms. The molecule has 3 aromatic carbocycles. The van der Waals surface area contributed by atoms with E-state index in [1.807, 2.05) is 60.7 Å². The first-order valence-electron chi connectivity index (χ1n) is 11.3. The van der Waals surface area contributed by atoms with Gasteiger partial charge < -0.3 is 14.9 Å². The number of aliphatic hydroxyl groups is 1. The van der Waals surface area contributed by atoms with Gasteiger partial charge >= 0.3 is 0 Å². The van der Waals surface area contributed by atoms with Crippen LogP contribution in [-0.2, 0) is 4.79 Å². The Bertz CT molecular complexity index is 1260. The maximum Gasteiger partial charge on any atom is 0.254 e. The number of hydrogen-bond acceptors (Lipinski definition) is 4. The number of nitrogens with zero attached hydrogens (tertiary/aromatic N) is 3. The van der Waals surface area contributed by atoms with E-state index in [9.17, 15) is 20.0 Å². The van der Waals surface area contributed by atoms with Crippen molar-refractivity contribution in [3.8, 4) is 17.2 Å². The van der Waals surface area contributed by atoms with Crippen molar-refractivity contribution in [1.82, 2.24) is 9.80 Å². The molecular weight excluding hydrogens is 414 g/mol. The molecule has 0 unspecified atom stereocenters. The van der Waals surface area contributed by atoms with Crippen molar-refractivity contribution < 1.29 is 14.7 Å². The molecule has 0 atom stereocenters. The number of rotatable bonds is 3. The summed E-state index contributed by atoms with van der Waals surface area (Å²) in [7, 11) is 0. The van der Waals surface area contributed by atoms with Crippen LogP contribution < -0.4 is 0 Å². The van der Waals surface area contributed by atoms with Gasteiger partial charge in [0.25, 0.3) is 11.8 Å². The van der Waals surface area contributed by atoms with E-state index < -0.39 is 5.60 Å². The smallest absolute Gasteiger partial charge is 0.254 e. The second-order valence-corrected chi connectivity index (χ2v) is 8.90. The molecule has 1 N–H and O–H groups in total. The van der Waals surface area contributed by atoms with E-state index in [-0.39, 0.29) is 11.8 Å². The lowest BCUT2D eigenvalue weighted by Gasteiger charge is -2.42. The molecule has 0 radical (unpaired) electrons. The number of nitriles is 1. The first kappa shape index (κ1) is 21.2. The molecule has 1 aliphatic heterocycles. The van der Waals surface area contributed by atoms with Crippen molar-refractivity contribution in [2.24, 2.45) is 0 Å². The predicted octanol–water partition coefficient (Wildman–Crippen LogP) is 3.58. The zero-order chi connectivity index (χ0) is 23.0. The van der Waals surface area contributed by atoms with Gasteiger partial charge in [-0.2, -0.15) is 5.26 Å². The van der Waals surface area contributed by atoms with Crippen molar-refractivity contribution >= 4 is 22.6 Å². The molecule has 3 aromatic rings. The summed E-state index contributed by atoms with van der Waals surface area (Å²) in [6, 6.07) is 21.5. The average Bonchev–Trinajstić information content (AvgIpc) is 2.86. The summed E-state index contributed by atoms with van der Waals surface area (Å²) in [4.78, 5) is 28.9. The minimum atomic E-state index is -1.18. The number of fused-ring (bicyclic) bond motifs is 1. The number of piperazine rings is 1. The standard InChI is InChI=1S/C27H25N3O3/c28-18-23-4-1-3-20-7-10-22(17-24(20)23)19-5-8-21(9-6-19)25(31)29-13-15-30(16-14-29)26(32)27(33)11-2-12-27/h1,3-10,17,33H,2,11-16H2. The fraction of sp³-hybridized carbons (Fsp3) is 0.296. The van der Waals surface area contributed by atoms with Crippen LogP contribution in [0.5, 0.6) is 0 Å². The van der Waals surface area contributed by atoms with Gasteiger partial charge in [0, 0.05) is 37.1 Å². The molecule has 2 aliphatic rings. The van der Waals surface area contributed by atoms with Crippen molar-refractivity contribution in [2.75, 3.05) is 26.2 Å². The van der Waals surface area contributed by atoms with Crippen LogP contribution in [0.3, 0.4) is 0 Å². The minimum Gasteiger partial charge on any atom is -0.380 e. The molecule has 1 saturated carbocycles. The summed E-state index contributed by atoms with van der Waals surface area (Å²) in [6.07, 6.45) is 1.95. The summed E-state index contributed by atoms with van der Waals surface area (Å²) in [5.41, 5.74) is 2.03. The molecule has 6 heteroatoms. The van der Waals surface area contributed by atoms with Gasteiger partial charge in [-0.15, -0.1) is 0 Å². The van der Waals surface area contributed by atoms with E-state index in [1.54, 1.807) is 9.80 Å². The molecule has 2 fully saturated rings. The van der Waals surface area contributed by atoms with Crippen LogP contribution in [0.25, 0.3) is 21.9 Å². The predicted molar refractivity (Wildman–Crippen MR) is 125 cm³/mol. The number of carbonyl (C=O) groups is 2. The molecule has 1 heterocycles. The van der Waals surface area contributed by atoms with Gasteiger partial charge in [-0.25, -0.2) is 0 Å². The van der Waals surface area contributed by atoms with Crippen molar-refractivity contribution in [2.45, 2.75) is 24.9 Å². The Morgan fingerprint density at radius 1 is 0.879 bits per heavy atom. The Labute approximate surface area is 192 Å². The quantitative estimate of drug-likeness (QED) is 0.676. The van der Waals surface area contributed by atoms with E-state index in [1.165, 1.54) is 0 Å². The third-order valence-corrected chi connectivity index (χ3v) is 6.90. The Morgan fingerprint density at radius 2 is 1.55 bits per heavy atom. The average molecular weight is 440 g/mol. The highest BCUT2D eigenvalue weighted by atomic mass is 16.3. The van der Waals surface area contributed by atoms with Crippen LogP contribution in [0.1, 0.15) is 35.2 Å². The second kappa shape index (κ2) is 8.34. The fourth-order valence-corrected chi connectivity index (χ4v) is 4.67. The Balaban J connectivity index is 1.27. The zero-order valence-electron chi connectivity index (χ0n) is 18.3. The molecule has 33 heavy (non-hydrogen) atoms. The van der Waals surface area contributed by atoms with Crippen LogP contribution >= 0.6 is 0 Å². The normalized spacial score (nSPS) is 17.3. The molecule has 1 saturated heterocycles. The largest absolute Gasteiger partial charge is 0.380 e. The monoisotopic (exact) mass is 439 g/mol. The highest BCUT2D eigenvalue weighted by molar-refractivity contribution is 5.96. The van der Waals surface area contributed by atoms with Gasteiger partial charge in [-0.3, -0.25) is 9.59 Å². The van der Waals surface area contributed by atoms with Gasteiger partial charge in [0.2, 0.25) is 0 Å². The second-order valence-electron chi connectivity index (χ2n) is 8.90. The third-order valence-electron chi connectivity index (χ3n) is 6.90. The topological polar surface area (TPSA) is 84.6 Å². The van der Waals surface area contributed by atoms with Gasteiger partial charge in [0.05, 0.1) is 11.6 Å². The third kappa shape index (κ3) is 3.85. The zero-order valence-corrected chi connectivity index (χ0v) is 18.3. The van der Waals surface area contributed by atoms with Crippen LogP contribution in [0.2, 0.25) is 0 Å². The number of hydrogen-bond donors (Lipinski definition) is 1. The van der Waals surface area contributed by atoms with E-state index in [0.29, 0.717) is 50.1 Å². The SMILES string of the molecule is N#Cc1cccc2ccc(-c3ccc(C(=O)N4CCN(C(=O)C5(O)CCC5)CC4)cc3)cc12. The van der Waals surface area contributed by atoms with Gasteiger partial charge in [0.1, 0.15) is 5.60 Å². The molecule has 6 nitrogen and oxygen atoms in total. The van der Waals surface area contributed by atoms with Crippen LogP contribution in [0, 0.1) is 11.3 Å². The van der Waals surface area contributed by atoms with Gasteiger partial charge in [0.15, 0.2) is 0 Å². The molecule has 1 aliphatic carbocycles. The molecule has 166 valence electrons. The molecule has 5 rings (SSSR count). The van der Waals surface area contributed by atoms with Crippen LogP contribution in [-0.4, -0.2) is 58.5 Å². The molecule has 0 bridgehead atoms. The van der Waals surface area contributed by atoms with Gasteiger partial charge in [-0.1, -0.05) is 36.4 Å². The van der Waals surface area contributed by atoms with E-state index in [2.05, 4.69) is 6.07 Å². The first-order chi connectivity index (χ1) is 16.0. The Hall–Kier alpha value is -3.69. The first-order valence-corrected chi connectivity index (χ1v) is 11.3. The number of carbonyl (C=O) groups excluding carboxylic acids is 2. The Kier molecular flexibility index (Phi) is 5.35. The van der Waals surface area contributed by atoms with Gasteiger partial charge in [-0.05, 0) is 60.0 Å². The van der Waals surface area contributed by atoms with E-state index in [0.717, 1.165) is 28.3 Å². The van der Waals surface area contributed by atoms with Crippen LogP contribution in [0.4, 0.5) is 0 Å². The van der Waals surface area contributed by atoms with Crippen molar-refractivity contribution in [3.05, 3.63) is 71.8 Å². The molecule has 0 aromatic heterocycles. The van der Waals surface area contributed by atoms with Crippen molar-refractivity contribution in [1.29, 1.82) is 5.26 Å². The maximum atomic E-state index is 13.0. The molecule has 2 amide bonds.